The van der Waals surface area contributed by atoms with Crippen molar-refractivity contribution in [2.45, 2.75) is 18.2 Å². The third-order valence-corrected chi connectivity index (χ3v) is 6.35. The molecule has 0 saturated carbocycles. The summed E-state index contributed by atoms with van der Waals surface area (Å²) in [6.45, 7) is 1.64. The van der Waals surface area contributed by atoms with Crippen molar-refractivity contribution in [3.63, 3.8) is 0 Å². The first-order valence-electron chi connectivity index (χ1n) is 8.77. The highest BCUT2D eigenvalue weighted by molar-refractivity contribution is 7.92. The number of sulfonamides is 1. The summed E-state index contributed by atoms with van der Waals surface area (Å²) in [4.78, 5) is 12.3. The quantitative estimate of drug-likeness (QED) is 0.508. The van der Waals surface area contributed by atoms with Gasteiger partial charge < -0.3 is 5.32 Å². The van der Waals surface area contributed by atoms with Crippen LogP contribution in [0.3, 0.4) is 0 Å². The van der Waals surface area contributed by atoms with Gasteiger partial charge >= 0.3 is 0 Å². The normalized spacial score (nSPS) is 11.2. The van der Waals surface area contributed by atoms with Gasteiger partial charge in [-0.15, -0.1) is 0 Å². The van der Waals surface area contributed by atoms with Crippen LogP contribution in [0.5, 0.6) is 0 Å². The molecule has 0 aliphatic heterocycles. The van der Waals surface area contributed by atoms with Crippen molar-refractivity contribution < 1.29 is 17.6 Å². The Hall–Kier alpha value is -2.61. The molecule has 1 amide bonds. The van der Waals surface area contributed by atoms with Crippen LogP contribution in [0.15, 0.2) is 65.6 Å². The van der Waals surface area contributed by atoms with Gasteiger partial charge in [0, 0.05) is 21.3 Å². The van der Waals surface area contributed by atoms with Gasteiger partial charge in [-0.05, 0) is 55.0 Å². The molecule has 0 heterocycles. The lowest BCUT2D eigenvalue weighted by Gasteiger charge is -2.13. The summed E-state index contributed by atoms with van der Waals surface area (Å²) in [5.74, 6) is -1.12. The molecule has 156 valence electrons. The van der Waals surface area contributed by atoms with Gasteiger partial charge in [-0.25, -0.2) is 12.8 Å². The molecule has 3 aromatic carbocycles. The van der Waals surface area contributed by atoms with Gasteiger partial charge in [-0.3, -0.25) is 9.52 Å². The molecule has 0 atom stereocenters. The molecule has 0 aliphatic rings. The molecular formula is C21H17Cl2FN2O3S. The third-order valence-electron chi connectivity index (χ3n) is 4.24. The molecule has 0 aromatic heterocycles. The highest BCUT2D eigenvalue weighted by atomic mass is 35.5. The molecule has 0 spiro atoms. The topological polar surface area (TPSA) is 75.3 Å². The van der Waals surface area contributed by atoms with Crippen LogP contribution in [-0.4, -0.2) is 14.3 Å². The molecule has 9 heteroatoms. The first-order valence-corrected chi connectivity index (χ1v) is 11.0. The lowest BCUT2D eigenvalue weighted by Crippen LogP contribution is -2.17. The zero-order chi connectivity index (χ0) is 21.9. The number of hydrogen-bond acceptors (Lipinski definition) is 3. The minimum atomic E-state index is -3.93. The van der Waals surface area contributed by atoms with Gasteiger partial charge in [0.25, 0.3) is 10.0 Å². The highest BCUT2D eigenvalue weighted by Crippen LogP contribution is 2.25. The van der Waals surface area contributed by atoms with Crippen LogP contribution in [-0.2, 0) is 21.2 Å². The van der Waals surface area contributed by atoms with Crippen LogP contribution in [0.4, 0.5) is 15.8 Å². The second-order valence-electron chi connectivity index (χ2n) is 6.52. The molecular weight excluding hydrogens is 450 g/mol. The van der Waals surface area contributed by atoms with E-state index in [2.05, 4.69) is 10.0 Å². The largest absolute Gasteiger partial charge is 0.326 e. The maximum Gasteiger partial charge on any atom is 0.262 e. The first kappa shape index (κ1) is 22.1. The summed E-state index contributed by atoms with van der Waals surface area (Å²) in [5, 5.41) is 3.11. The van der Waals surface area contributed by atoms with E-state index < -0.39 is 21.7 Å². The summed E-state index contributed by atoms with van der Waals surface area (Å²) in [7, 11) is -3.93. The van der Waals surface area contributed by atoms with Crippen LogP contribution < -0.4 is 10.0 Å². The van der Waals surface area contributed by atoms with Crippen molar-refractivity contribution in [2.75, 3.05) is 10.0 Å². The second kappa shape index (κ2) is 9.04. The molecule has 0 radical (unpaired) electrons. The predicted octanol–water partition coefficient (Wildman–Crippen LogP) is 5.42. The van der Waals surface area contributed by atoms with Gasteiger partial charge in [-0.2, -0.15) is 0 Å². The minimum Gasteiger partial charge on any atom is -0.326 e. The SMILES string of the molecule is Cc1ccc(NC(=O)Cc2c(F)cccc2Cl)cc1S(=O)(=O)Nc1cccc(Cl)c1. The Morgan fingerprint density at radius 1 is 1.00 bits per heavy atom. The van der Waals surface area contributed by atoms with E-state index in [0.717, 1.165) is 0 Å². The number of benzene rings is 3. The third kappa shape index (κ3) is 5.30. The molecule has 0 saturated heterocycles. The summed E-state index contributed by atoms with van der Waals surface area (Å²) in [6.07, 6.45) is -0.289. The van der Waals surface area contributed by atoms with Gasteiger partial charge in [0.05, 0.1) is 17.0 Å². The molecule has 3 aromatic rings. The number of rotatable bonds is 6. The van der Waals surface area contributed by atoms with E-state index in [1.165, 1.54) is 30.3 Å². The smallest absolute Gasteiger partial charge is 0.262 e. The monoisotopic (exact) mass is 466 g/mol. The maximum atomic E-state index is 13.9. The van der Waals surface area contributed by atoms with Crippen LogP contribution in [0.1, 0.15) is 11.1 Å². The van der Waals surface area contributed by atoms with Crippen LogP contribution in [0.2, 0.25) is 10.0 Å². The molecule has 3 rings (SSSR count). The van der Waals surface area contributed by atoms with E-state index in [1.54, 1.807) is 37.3 Å². The summed E-state index contributed by atoms with van der Waals surface area (Å²) in [5.41, 5.74) is 1.12. The predicted molar refractivity (Wildman–Crippen MR) is 117 cm³/mol. The Morgan fingerprint density at radius 3 is 2.43 bits per heavy atom. The van der Waals surface area contributed by atoms with Crippen molar-refractivity contribution in [3.05, 3.63) is 87.7 Å². The van der Waals surface area contributed by atoms with E-state index in [-0.39, 0.29) is 27.6 Å². The summed E-state index contributed by atoms with van der Waals surface area (Å²) < 4.78 is 42.0. The Morgan fingerprint density at radius 2 is 1.73 bits per heavy atom. The van der Waals surface area contributed by atoms with Crippen LogP contribution >= 0.6 is 23.2 Å². The van der Waals surface area contributed by atoms with Crippen molar-refractivity contribution >= 4 is 50.5 Å². The number of nitrogens with one attached hydrogen (secondary N) is 2. The number of carbonyl (C=O) groups excluding carboxylic acids is 1. The minimum absolute atomic E-state index is 0.0100. The van der Waals surface area contributed by atoms with Crippen molar-refractivity contribution in [1.82, 2.24) is 0 Å². The Labute approximate surface area is 183 Å². The van der Waals surface area contributed by atoms with Gasteiger partial charge in [0.15, 0.2) is 0 Å². The standard InChI is InChI=1S/C21H17Cl2FN2O3S/c1-13-8-9-15(25-21(27)12-17-18(23)6-3-7-19(17)24)11-20(13)30(28,29)26-16-5-2-4-14(22)10-16/h2-11,26H,12H2,1H3,(H,25,27). The van der Waals surface area contributed by atoms with Crippen molar-refractivity contribution in [3.8, 4) is 0 Å². The fourth-order valence-corrected chi connectivity index (χ4v) is 4.54. The number of aryl methyl sites for hydroxylation is 1. The molecule has 0 bridgehead atoms. The van der Waals surface area contributed by atoms with Crippen molar-refractivity contribution in [2.24, 2.45) is 0 Å². The van der Waals surface area contributed by atoms with Crippen LogP contribution in [0, 0.1) is 12.7 Å². The average Bonchev–Trinajstić information content (AvgIpc) is 2.66. The molecule has 0 fully saturated rings. The highest BCUT2D eigenvalue weighted by Gasteiger charge is 2.19. The molecule has 2 N–H and O–H groups in total. The number of halogens is 3. The van der Waals surface area contributed by atoms with E-state index in [4.69, 9.17) is 23.2 Å². The van der Waals surface area contributed by atoms with Gasteiger partial charge in [0.2, 0.25) is 5.91 Å². The number of carbonyl (C=O) groups is 1. The first-order chi connectivity index (χ1) is 14.2. The summed E-state index contributed by atoms with van der Waals surface area (Å²) in [6, 6.07) is 14.9. The van der Waals surface area contributed by atoms with Crippen molar-refractivity contribution in [1.29, 1.82) is 0 Å². The molecule has 5 nitrogen and oxygen atoms in total. The number of hydrogen-bond donors (Lipinski definition) is 2. The maximum absolute atomic E-state index is 13.9. The molecule has 0 unspecified atom stereocenters. The zero-order valence-electron chi connectivity index (χ0n) is 15.7. The van der Waals surface area contributed by atoms with Gasteiger partial charge in [0.1, 0.15) is 5.82 Å². The summed E-state index contributed by atoms with van der Waals surface area (Å²) >= 11 is 11.9. The Balaban J connectivity index is 1.81. The van der Waals surface area contributed by atoms with E-state index in [1.807, 2.05) is 0 Å². The average molecular weight is 467 g/mol. The van der Waals surface area contributed by atoms with Gasteiger partial charge in [-0.1, -0.05) is 41.4 Å². The Kier molecular flexibility index (Phi) is 6.65. The van der Waals surface area contributed by atoms with E-state index in [0.29, 0.717) is 16.3 Å². The lowest BCUT2D eigenvalue weighted by atomic mass is 10.1. The fourth-order valence-electron chi connectivity index (χ4n) is 2.80. The molecule has 0 aliphatic carbocycles. The van der Waals surface area contributed by atoms with E-state index >= 15 is 0 Å². The zero-order valence-corrected chi connectivity index (χ0v) is 18.1. The second-order valence-corrected chi connectivity index (χ2v) is 9.02. The lowest BCUT2D eigenvalue weighted by molar-refractivity contribution is -0.115. The molecule has 30 heavy (non-hydrogen) atoms. The number of amides is 1. The number of anilines is 2. The fraction of sp³-hybridized carbons (Fsp3) is 0.0952. The van der Waals surface area contributed by atoms with Crippen LogP contribution in [0.25, 0.3) is 0 Å². The Bertz CT molecular complexity index is 1200. The van der Waals surface area contributed by atoms with E-state index in [9.17, 15) is 17.6 Å².